The third-order valence-electron chi connectivity index (χ3n) is 8.18. The lowest BCUT2D eigenvalue weighted by molar-refractivity contribution is -0.193. The maximum Gasteiger partial charge on any atom is 0.458 e. The second-order valence-electron chi connectivity index (χ2n) is 12.4. The zero-order valence-electron chi connectivity index (χ0n) is 29.2. The number of carbonyl (C=O) groups is 4. The molecule has 4 aromatic rings. The van der Waals surface area contributed by atoms with Crippen LogP contribution in [0.5, 0.6) is 0 Å². The summed E-state index contributed by atoms with van der Waals surface area (Å²) in [6.45, 7) is 1.95. The summed E-state index contributed by atoms with van der Waals surface area (Å²) in [6, 6.07) is 18.5. The number of benzene rings is 2. The Hall–Kier alpha value is -5.79. The molecule has 11 nitrogen and oxygen atoms in total. The molecule has 2 aromatic carbocycles. The molecule has 6 bridgehead atoms. The van der Waals surface area contributed by atoms with Crippen LogP contribution in [0, 0.1) is 5.92 Å². The number of pyridine rings is 1. The number of halogens is 10. The minimum Gasteiger partial charge on any atom is -0.372 e. The molecule has 1 amide bonds. The highest BCUT2D eigenvalue weighted by Crippen LogP contribution is 2.31. The van der Waals surface area contributed by atoms with Crippen molar-refractivity contribution in [3.8, 4) is 0 Å². The van der Waals surface area contributed by atoms with E-state index < -0.39 is 36.4 Å². The number of fused-ring (bicyclic) bond motifs is 6. The van der Waals surface area contributed by atoms with Crippen molar-refractivity contribution in [1.29, 1.82) is 0 Å². The van der Waals surface area contributed by atoms with Crippen LogP contribution in [0.4, 0.5) is 74.0 Å². The Morgan fingerprint density at radius 3 is 2.05 bits per heavy atom. The van der Waals surface area contributed by atoms with Crippen LogP contribution in [0.1, 0.15) is 30.4 Å². The van der Waals surface area contributed by atoms with Crippen LogP contribution in [0.2, 0.25) is 5.02 Å². The summed E-state index contributed by atoms with van der Waals surface area (Å²) < 4.78 is 98.2. The molecule has 0 unspecified atom stereocenters. The van der Waals surface area contributed by atoms with Crippen LogP contribution in [0.25, 0.3) is 0 Å². The van der Waals surface area contributed by atoms with Gasteiger partial charge in [0.25, 0.3) is 0 Å². The number of aryl methyl sites for hydroxylation is 2. The van der Waals surface area contributed by atoms with Crippen molar-refractivity contribution in [3.05, 3.63) is 89.3 Å². The van der Waals surface area contributed by atoms with Crippen molar-refractivity contribution in [3.63, 3.8) is 0 Å². The van der Waals surface area contributed by atoms with Crippen molar-refractivity contribution in [1.82, 2.24) is 15.0 Å². The molecule has 2 aliphatic heterocycles. The first kappa shape index (κ1) is 43.9. The van der Waals surface area contributed by atoms with Gasteiger partial charge in [0.15, 0.2) is 5.82 Å². The molecule has 3 N–H and O–H groups in total. The summed E-state index contributed by atoms with van der Waals surface area (Å²) in [4.78, 5) is 56.7. The minimum atomic E-state index is -5.77. The number of nitrogens with zero attached hydrogens (tertiary/aromatic N) is 4. The standard InChI is InChI=1S/C30H30ClN7O.C4F6O2.C2HF3O/c31-26-19-33-30-35-24-14-21(17-32-18-24)6-7-22-16-23(34-29(26)37-30)8-9-27(22)36-28(39)15-20-10-12-38(13-11-20)25-4-2-1-3-5-25;5-3(6,7)1(11)2(12)4(8,9)10;3-2(4,5)1-6/h1-5,8-9,14,16-20H,6-7,10-13,15H2,(H,36,39)(H2,33,34,35,37);;1H. The lowest BCUT2D eigenvalue weighted by atomic mass is 9.92. The van der Waals surface area contributed by atoms with Crippen LogP contribution >= 0.6 is 11.6 Å². The fourth-order valence-corrected chi connectivity index (χ4v) is 5.65. The predicted octanol–water partition coefficient (Wildman–Crippen LogP) is 8.35. The first-order valence-electron chi connectivity index (χ1n) is 16.7. The van der Waals surface area contributed by atoms with Crippen molar-refractivity contribution in [2.45, 2.75) is 50.6 Å². The van der Waals surface area contributed by atoms with Gasteiger partial charge in [-0.1, -0.05) is 29.8 Å². The Bertz CT molecular complexity index is 2020. The zero-order valence-corrected chi connectivity index (χ0v) is 30.0. The van der Waals surface area contributed by atoms with E-state index in [0.29, 0.717) is 29.1 Å². The number of rotatable bonds is 5. The number of alkyl halides is 9. The van der Waals surface area contributed by atoms with Gasteiger partial charge in [-0.25, -0.2) is 4.98 Å². The topological polar surface area (TPSA) is 146 Å². The van der Waals surface area contributed by atoms with Crippen LogP contribution in [0.3, 0.4) is 0 Å². The average molecular weight is 832 g/mol. The maximum atomic E-state index is 13.1. The highest BCUT2D eigenvalue weighted by molar-refractivity contribution is 6.41. The van der Waals surface area contributed by atoms with Gasteiger partial charge in [-0.15, -0.1) is 0 Å². The molecule has 2 aromatic heterocycles. The van der Waals surface area contributed by atoms with E-state index in [4.69, 9.17) is 16.4 Å². The van der Waals surface area contributed by atoms with Gasteiger partial charge in [0.1, 0.15) is 5.02 Å². The SMILES string of the molecule is O=C(C(=O)C(F)(F)F)C(F)(F)F.O=C(CC1CCN(c2ccccc2)CC1)Nc1ccc2cc1CCc1cncc(c1)Nc1ncc(Cl)c(n1)N2.O=CC(F)(F)F. The van der Waals surface area contributed by atoms with Crippen molar-refractivity contribution in [2.24, 2.45) is 5.92 Å². The molecule has 4 heterocycles. The number of piperidine rings is 1. The van der Waals surface area contributed by atoms with Crippen molar-refractivity contribution >= 4 is 69.9 Å². The quantitative estimate of drug-likeness (QED) is 0.102. The number of nitrogens with one attached hydrogen (secondary N) is 3. The highest BCUT2D eigenvalue weighted by atomic mass is 35.5. The largest absolute Gasteiger partial charge is 0.458 e. The normalized spacial score (nSPS) is 14.2. The number of hydrogen-bond donors (Lipinski definition) is 3. The number of aromatic nitrogens is 3. The van der Waals surface area contributed by atoms with E-state index in [2.05, 4.69) is 66.1 Å². The van der Waals surface area contributed by atoms with Crippen molar-refractivity contribution < 1.29 is 58.7 Å². The molecule has 1 fully saturated rings. The molecule has 0 spiro atoms. The molecule has 0 saturated carbocycles. The average Bonchev–Trinajstić information content (AvgIpc) is 3.16. The lowest BCUT2D eigenvalue weighted by Crippen LogP contribution is -2.39. The van der Waals surface area contributed by atoms with Gasteiger partial charge in [-0.2, -0.15) is 44.5 Å². The Morgan fingerprint density at radius 1 is 0.825 bits per heavy atom. The lowest BCUT2D eigenvalue weighted by Gasteiger charge is -2.33. The third kappa shape index (κ3) is 13.7. The van der Waals surface area contributed by atoms with E-state index in [1.807, 2.05) is 30.5 Å². The second kappa shape index (κ2) is 18.9. The van der Waals surface area contributed by atoms with E-state index in [9.17, 15) is 53.9 Å². The monoisotopic (exact) mass is 831 g/mol. The second-order valence-corrected chi connectivity index (χ2v) is 12.8. The fraction of sp³-hybridized carbons (Fsp3) is 0.306. The van der Waals surface area contributed by atoms with Gasteiger partial charge < -0.3 is 20.9 Å². The van der Waals surface area contributed by atoms with Gasteiger partial charge in [0, 0.05) is 42.8 Å². The summed E-state index contributed by atoms with van der Waals surface area (Å²) in [6.07, 6.45) is -8.02. The Kier molecular flexibility index (Phi) is 14.6. The molecule has 2 aliphatic rings. The number of carbonyl (C=O) groups excluding carboxylic acids is 4. The van der Waals surface area contributed by atoms with Crippen LogP contribution in [-0.4, -0.2) is 70.3 Å². The van der Waals surface area contributed by atoms with Gasteiger partial charge in [0.2, 0.25) is 18.1 Å². The van der Waals surface area contributed by atoms with Crippen LogP contribution in [-0.2, 0) is 32.0 Å². The summed E-state index contributed by atoms with van der Waals surface area (Å²) in [5, 5.41) is 10.1. The number of anilines is 6. The Morgan fingerprint density at radius 2 is 1.46 bits per heavy atom. The Labute approximate surface area is 323 Å². The molecule has 0 radical (unpaired) electrons. The van der Waals surface area contributed by atoms with Crippen LogP contribution < -0.4 is 20.9 Å². The van der Waals surface area contributed by atoms with E-state index in [1.54, 1.807) is 12.4 Å². The first-order valence-corrected chi connectivity index (χ1v) is 17.1. The number of ketones is 2. The summed E-state index contributed by atoms with van der Waals surface area (Å²) in [5.74, 6) is -5.44. The van der Waals surface area contributed by atoms with Gasteiger partial charge >= 0.3 is 30.1 Å². The highest BCUT2D eigenvalue weighted by Gasteiger charge is 2.54. The van der Waals surface area contributed by atoms with Gasteiger partial charge in [-0.05, 0) is 79.1 Å². The number of hydrogen-bond acceptors (Lipinski definition) is 10. The first-order chi connectivity index (χ1) is 26.7. The molecule has 6 rings (SSSR count). The van der Waals surface area contributed by atoms with E-state index in [0.717, 1.165) is 67.0 Å². The molecular formula is C36H31ClF9N7O4. The maximum absolute atomic E-state index is 13.1. The molecule has 1 saturated heterocycles. The molecule has 57 heavy (non-hydrogen) atoms. The van der Waals surface area contributed by atoms with E-state index in [1.165, 1.54) is 5.69 Å². The fourth-order valence-electron chi connectivity index (χ4n) is 5.51. The zero-order chi connectivity index (χ0) is 42.0. The summed E-state index contributed by atoms with van der Waals surface area (Å²) in [7, 11) is 0. The predicted molar refractivity (Wildman–Crippen MR) is 191 cm³/mol. The molecular weight excluding hydrogens is 801 g/mol. The Balaban J connectivity index is 0.000000334. The molecule has 304 valence electrons. The van der Waals surface area contributed by atoms with Crippen molar-refractivity contribution in [2.75, 3.05) is 33.9 Å². The van der Waals surface area contributed by atoms with E-state index in [-0.39, 0.29) is 5.91 Å². The number of Topliss-reactive ketones (excluding diaryl/α,β-unsaturated/α-hetero) is 2. The van der Waals surface area contributed by atoms with Crippen LogP contribution in [0.15, 0.2) is 73.2 Å². The minimum absolute atomic E-state index is 0.0596. The third-order valence-corrected chi connectivity index (χ3v) is 8.46. The molecule has 0 aliphatic carbocycles. The van der Waals surface area contributed by atoms with E-state index >= 15 is 0 Å². The van der Waals surface area contributed by atoms with Gasteiger partial charge in [0.05, 0.1) is 18.1 Å². The van der Waals surface area contributed by atoms with Gasteiger partial charge in [-0.3, -0.25) is 24.2 Å². The number of amides is 1. The molecule has 21 heteroatoms. The summed E-state index contributed by atoms with van der Waals surface area (Å²) in [5.41, 5.74) is 5.85. The smallest absolute Gasteiger partial charge is 0.372 e. The molecule has 0 atom stereocenters. The number of para-hydroxylation sites is 1. The number of aldehydes is 1. The summed E-state index contributed by atoms with van der Waals surface area (Å²) >= 11 is 6.38.